The predicted molar refractivity (Wildman–Crippen MR) is 103 cm³/mol. The minimum atomic E-state index is -0.294. The summed E-state index contributed by atoms with van der Waals surface area (Å²) in [5.74, 6) is -0.0183. The fourth-order valence-corrected chi connectivity index (χ4v) is 3.15. The summed E-state index contributed by atoms with van der Waals surface area (Å²) in [6, 6.07) is 10.3. The standard InChI is InChI=1S/C20H21N3O4/c1-12(24)21-16-5-7-19(27-3)17(11-16)22-20(26)15-4-6-18-14(10-15)8-9-23(18)13(2)25/h4-7,10-11H,8-9H2,1-3H3,(H,21,24)(H,22,26). The van der Waals surface area contributed by atoms with Crippen LogP contribution in [0.5, 0.6) is 5.75 Å². The molecule has 0 unspecified atom stereocenters. The molecule has 0 aliphatic carbocycles. The molecule has 0 spiro atoms. The van der Waals surface area contributed by atoms with Crippen LogP contribution in [0.3, 0.4) is 0 Å². The molecule has 1 aliphatic rings. The molecule has 7 heteroatoms. The Hall–Kier alpha value is -3.35. The number of hydrogen-bond donors (Lipinski definition) is 2. The number of hydrogen-bond acceptors (Lipinski definition) is 4. The average Bonchev–Trinajstić information content (AvgIpc) is 3.05. The van der Waals surface area contributed by atoms with E-state index < -0.39 is 0 Å². The fourth-order valence-electron chi connectivity index (χ4n) is 3.15. The maximum atomic E-state index is 12.7. The molecule has 3 rings (SSSR count). The number of carbonyl (C=O) groups is 3. The molecule has 27 heavy (non-hydrogen) atoms. The lowest BCUT2D eigenvalue weighted by molar-refractivity contribution is -0.116. The lowest BCUT2D eigenvalue weighted by Crippen LogP contribution is -2.25. The average molecular weight is 367 g/mol. The van der Waals surface area contributed by atoms with Crippen LogP contribution in [-0.4, -0.2) is 31.4 Å². The maximum Gasteiger partial charge on any atom is 0.255 e. The Morgan fingerprint density at radius 2 is 1.81 bits per heavy atom. The van der Waals surface area contributed by atoms with E-state index in [2.05, 4.69) is 10.6 Å². The van der Waals surface area contributed by atoms with E-state index in [4.69, 9.17) is 4.74 Å². The van der Waals surface area contributed by atoms with Crippen LogP contribution in [0, 0.1) is 0 Å². The number of rotatable bonds is 4. The van der Waals surface area contributed by atoms with Crippen LogP contribution >= 0.6 is 0 Å². The lowest BCUT2D eigenvalue weighted by atomic mass is 10.1. The first-order valence-corrected chi connectivity index (χ1v) is 8.57. The molecule has 0 saturated heterocycles. The quantitative estimate of drug-likeness (QED) is 0.870. The molecule has 0 bridgehead atoms. The zero-order chi connectivity index (χ0) is 19.6. The molecule has 0 radical (unpaired) electrons. The molecule has 0 fully saturated rings. The largest absolute Gasteiger partial charge is 0.495 e. The number of ether oxygens (including phenoxy) is 1. The van der Waals surface area contributed by atoms with Crippen molar-refractivity contribution < 1.29 is 19.1 Å². The molecule has 140 valence electrons. The highest BCUT2D eigenvalue weighted by Crippen LogP contribution is 2.31. The maximum absolute atomic E-state index is 12.7. The van der Waals surface area contributed by atoms with Gasteiger partial charge in [-0.1, -0.05) is 0 Å². The summed E-state index contributed by atoms with van der Waals surface area (Å²) in [6.45, 7) is 3.57. The first-order chi connectivity index (χ1) is 12.9. The fraction of sp³-hybridized carbons (Fsp3) is 0.250. The number of methoxy groups -OCH3 is 1. The van der Waals surface area contributed by atoms with Crippen molar-refractivity contribution in [2.24, 2.45) is 0 Å². The third-order valence-corrected chi connectivity index (χ3v) is 4.39. The Bertz CT molecular complexity index is 923. The van der Waals surface area contributed by atoms with Crippen LogP contribution < -0.4 is 20.3 Å². The van der Waals surface area contributed by atoms with Gasteiger partial charge in [0.2, 0.25) is 11.8 Å². The monoisotopic (exact) mass is 367 g/mol. The van der Waals surface area contributed by atoms with E-state index in [1.165, 1.54) is 21.0 Å². The summed E-state index contributed by atoms with van der Waals surface area (Å²) >= 11 is 0. The number of anilines is 3. The Labute approximate surface area is 157 Å². The second-order valence-electron chi connectivity index (χ2n) is 6.31. The molecule has 7 nitrogen and oxygen atoms in total. The van der Waals surface area contributed by atoms with Crippen LogP contribution in [0.15, 0.2) is 36.4 Å². The smallest absolute Gasteiger partial charge is 0.255 e. The van der Waals surface area contributed by atoms with Crippen LogP contribution in [0.1, 0.15) is 29.8 Å². The summed E-state index contributed by atoms with van der Waals surface area (Å²) in [5.41, 5.74) is 3.33. The van der Waals surface area contributed by atoms with Gasteiger partial charge in [0.1, 0.15) is 5.75 Å². The highest BCUT2D eigenvalue weighted by molar-refractivity contribution is 6.06. The molecule has 1 heterocycles. The predicted octanol–water partition coefficient (Wildman–Crippen LogP) is 2.81. The van der Waals surface area contributed by atoms with Gasteiger partial charge >= 0.3 is 0 Å². The second-order valence-corrected chi connectivity index (χ2v) is 6.31. The highest BCUT2D eigenvalue weighted by atomic mass is 16.5. The van der Waals surface area contributed by atoms with E-state index in [0.29, 0.717) is 29.2 Å². The third kappa shape index (κ3) is 3.92. The number of nitrogens with one attached hydrogen (secondary N) is 2. The van der Waals surface area contributed by atoms with Gasteiger partial charge in [-0.25, -0.2) is 0 Å². The molecule has 2 aromatic rings. The van der Waals surface area contributed by atoms with E-state index in [0.717, 1.165) is 17.7 Å². The summed E-state index contributed by atoms with van der Waals surface area (Å²) in [6.07, 6.45) is 0.720. The topological polar surface area (TPSA) is 87.7 Å². The van der Waals surface area contributed by atoms with Gasteiger partial charge in [0, 0.05) is 37.3 Å². The number of amides is 3. The zero-order valence-corrected chi connectivity index (χ0v) is 15.5. The van der Waals surface area contributed by atoms with Gasteiger partial charge in [0.15, 0.2) is 0 Å². The lowest BCUT2D eigenvalue weighted by Gasteiger charge is -2.15. The van der Waals surface area contributed by atoms with E-state index >= 15 is 0 Å². The molecular formula is C20H21N3O4. The van der Waals surface area contributed by atoms with Gasteiger partial charge in [-0.2, -0.15) is 0 Å². The molecule has 1 aliphatic heterocycles. The first kappa shape index (κ1) is 18.4. The summed E-state index contributed by atoms with van der Waals surface area (Å²) < 4.78 is 5.28. The minimum absolute atomic E-state index is 0.00882. The third-order valence-electron chi connectivity index (χ3n) is 4.39. The number of fused-ring (bicyclic) bond motifs is 1. The van der Waals surface area contributed by atoms with Gasteiger partial charge in [-0.3, -0.25) is 14.4 Å². The summed E-state index contributed by atoms with van der Waals surface area (Å²) in [5, 5.41) is 5.50. The van der Waals surface area contributed by atoms with Crippen molar-refractivity contribution >= 4 is 34.8 Å². The molecular weight excluding hydrogens is 346 g/mol. The van der Waals surface area contributed by atoms with Crippen molar-refractivity contribution in [1.82, 2.24) is 0 Å². The highest BCUT2D eigenvalue weighted by Gasteiger charge is 2.23. The van der Waals surface area contributed by atoms with E-state index in [1.807, 2.05) is 0 Å². The summed E-state index contributed by atoms with van der Waals surface area (Å²) in [4.78, 5) is 37.3. The van der Waals surface area contributed by atoms with Crippen molar-refractivity contribution in [2.45, 2.75) is 20.3 Å². The van der Waals surface area contributed by atoms with Crippen molar-refractivity contribution in [1.29, 1.82) is 0 Å². The number of benzene rings is 2. The summed E-state index contributed by atoms with van der Waals surface area (Å²) in [7, 11) is 1.51. The van der Waals surface area contributed by atoms with Gasteiger partial charge in [-0.15, -0.1) is 0 Å². The van der Waals surface area contributed by atoms with E-state index in [1.54, 1.807) is 41.3 Å². The Balaban J connectivity index is 1.83. The van der Waals surface area contributed by atoms with Gasteiger partial charge in [0.05, 0.1) is 12.8 Å². The Kier molecular flexibility index (Phi) is 5.12. The van der Waals surface area contributed by atoms with Crippen LogP contribution in [0.2, 0.25) is 0 Å². The molecule has 0 aromatic heterocycles. The van der Waals surface area contributed by atoms with E-state index in [9.17, 15) is 14.4 Å². The SMILES string of the molecule is COc1ccc(NC(C)=O)cc1NC(=O)c1ccc2c(c1)CCN2C(C)=O. The van der Waals surface area contributed by atoms with Crippen molar-refractivity contribution in [2.75, 3.05) is 29.2 Å². The molecule has 0 atom stereocenters. The van der Waals surface area contributed by atoms with Gasteiger partial charge in [0.25, 0.3) is 5.91 Å². The van der Waals surface area contributed by atoms with Crippen molar-refractivity contribution in [3.8, 4) is 5.75 Å². The van der Waals surface area contributed by atoms with Crippen LogP contribution in [-0.2, 0) is 16.0 Å². The van der Waals surface area contributed by atoms with Gasteiger partial charge in [-0.05, 0) is 48.4 Å². The van der Waals surface area contributed by atoms with Crippen molar-refractivity contribution in [3.63, 3.8) is 0 Å². The Morgan fingerprint density at radius 1 is 1.04 bits per heavy atom. The normalized spacial score (nSPS) is 12.3. The van der Waals surface area contributed by atoms with Crippen molar-refractivity contribution in [3.05, 3.63) is 47.5 Å². The molecule has 2 aromatic carbocycles. The minimum Gasteiger partial charge on any atom is -0.495 e. The number of carbonyl (C=O) groups excluding carboxylic acids is 3. The molecule has 2 N–H and O–H groups in total. The first-order valence-electron chi connectivity index (χ1n) is 8.57. The van der Waals surface area contributed by atoms with E-state index in [-0.39, 0.29) is 17.7 Å². The number of nitrogens with zero attached hydrogens (tertiary/aromatic N) is 1. The second kappa shape index (κ2) is 7.49. The van der Waals surface area contributed by atoms with Gasteiger partial charge < -0.3 is 20.3 Å². The Morgan fingerprint density at radius 3 is 2.48 bits per heavy atom. The molecule has 0 saturated carbocycles. The zero-order valence-electron chi connectivity index (χ0n) is 15.5. The molecule has 3 amide bonds. The van der Waals surface area contributed by atoms with Crippen LogP contribution in [0.4, 0.5) is 17.1 Å². The van der Waals surface area contributed by atoms with Crippen LogP contribution in [0.25, 0.3) is 0 Å².